The molecule has 0 atom stereocenters. The summed E-state index contributed by atoms with van der Waals surface area (Å²) < 4.78 is 0. The van der Waals surface area contributed by atoms with Crippen molar-refractivity contribution in [1.82, 2.24) is 4.98 Å². The summed E-state index contributed by atoms with van der Waals surface area (Å²) in [7, 11) is 0. The first-order chi connectivity index (χ1) is 9.85. The number of pyridine rings is 1. The molecule has 0 spiro atoms. The van der Waals surface area contributed by atoms with Gasteiger partial charge in [-0.25, -0.2) is 0 Å². The Morgan fingerprint density at radius 2 is 1.65 bits per heavy atom. The standard InChI is InChI=1S/C18H20N2/c19-4-1-17(14-2-5-20-6-3-14)18-15-8-12-7-13(10-15)11-16(18)9-12/h1-3,5-6,12-13,15-16,18H,7-11H2/b17-1+. The summed E-state index contributed by atoms with van der Waals surface area (Å²) in [5.41, 5.74) is 2.49. The molecule has 0 unspecified atom stereocenters. The quantitative estimate of drug-likeness (QED) is 0.755. The Morgan fingerprint density at radius 3 is 2.20 bits per heavy atom. The Bertz CT molecular complexity index is 539. The van der Waals surface area contributed by atoms with E-state index in [4.69, 9.17) is 0 Å². The second-order valence-corrected chi connectivity index (χ2v) is 6.92. The molecule has 20 heavy (non-hydrogen) atoms. The van der Waals surface area contributed by atoms with Crippen LogP contribution in [-0.2, 0) is 0 Å². The highest BCUT2D eigenvalue weighted by molar-refractivity contribution is 5.70. The van der Waals surface area contributed by atoms with Crippen molar-refractivity contribution in [3.63, 3.8) is 0 Å². The first-order valence-corrected chi connectivity index (χ1v) is 7.85. The van der Waals surface area contributed by atoms with Gasteiger partial charge in [-0.15, -0.1) is 0 Å². The Hall–Kier alpha value is -1.62. The van der Waals surface area contributed by atoms with Crippen molar-refractivity contribution >= 4 is 5.57 Å². The first-order valence-electron chi connectivity index (χ1n) is 7.85. The van der Waals surface area contributed by atoms with Crippen LogP contribution in [0.15, 0.2) is 30.6 Å². The van der Waals surface area contributed by atoms with Crippen LogP contribution in [0.4, 0.5) is 0 Å². The zero-order valence-corrected chi connectivity index (χ0v) is 11.7. The lowest BCUT2D eigenvalue weighted by Gasteiger charge is -2.55. The molecule has 2 heteroatoms. The molecule has 1 aromatic rings. The molecule has 102 valence electrons. The zero-order chi connectivity index (χ0) is 13.5. The second-order valence-electron chi connectivity index (χ2n) is 6.92. The van der Waals surface area contributed by atoms with Gasteiger partial charge in [0.2, 0.25) is 0 Å². The van der Waals surface area contributed by atoms with Gasteiger partial charge in [0.1, 0.15) is 0 Å². The number of allylic oxidation sites excluding steroid dienone is 2. The molecule has 4 saturated carbocycles. The fraction of sp³-hybridized carbons (Fsp3) is 0.556. The Kier molecular flexibility index (Phi) is 2.88. The van der Waals surface area contributed by atoms with Crippen LogP contribution in [0, 0.1) is 40.9 Å². The van der Waals surface area contributed by atoms with Gasteiger partial charge in [0.25, 0.3) is 0 Å². The van der Waals surface area contributed by atoms with E-state index in [9.17, 15) is 5.26 Å². The number of nitriles is 1. The highest BCUT2D eigenvalue weighted by atomic mass is 14.6. The Morgan fingerprint density at radius 1 is 1.05 bits per heavy atom. The van der Waals surface area contributed by atoms with Crippen molar-refractivity contribution in [2.45, 2.75) is 32.1 Å². The third-order valence-electron chi connectivity index (χ3n) is 5.82. The van der Waals surface area contributed by atoms with Crippen LogP contribution < -0.4 is 0 Å². The number of hydrogen-bond acceptors (Lipinski definition) is 2. The molecule has 0 aromatic carbocycles. The molecule has 1 heterocycles. The minimum Gasteiger partial charge on any atom is -0.265 e. The predicted molar refractivity (Wildman–Crippen MR) is 78.4 cm³/mol. The minimum absolute atomic E-state index is 0.616. The average molecular weight is 264 g/mol. The summed E-state index contributed by atoms with van der Waals surface area (Å²) in [6.07, 6.45) is 12.6. The van der Waals surface area contributed by atoms with Crippen molar-refractivity contribution in [2.75, 3.05) is 0 Å². The van der Waals surface area contributed by atoms with Crippen LogP contribution in [0.5, 0.6) is 0 Å². The van der Waals surface area contributed by atoms with E-state index in [-0.39, 0.29) is 0 Å². The maximum Gasteiger partial charge on any atom is 0.0915 e. The maximum absolute atomic E-state index is 9.21. The van der Waals surface area contributed by atoms with Crippen molar-refractivity contribution < 1.29 is 0 Å². The van der Waals surface area contributed by atoms with Crippen LogP contribution in [0.25, 0.3) is 5.57 Å². The van der Waals surface area contributed by atoms with Crippen molar-refractivity contribution in [3.8, 4) is 6.07 Å². The van der Waals surface area contributed by atoms with E-state index in [2.05, 4.69) is 23.2 Å². The lowest BCUT2D eigenvalue weighted by Crippen LogP contribution is -2.45. The van der Waals surface area contributed by atoms with E-state index in [0.29, 0.717) is 5.92 Å². The molecule has 2 nitrogen and oxygen atoms in total. The molecular weight excluding hydrogens is 244 g/mol. The van der Waals surface area contributed by atoms with Gasteiger partial charge in [-0.2, -0.15) is 5.26 Å². The maximum atomic E-state index is 9.21. The van der Waals surface area contributed by atoms with Crippen LogP contribution in [0.2, 0.25) is 0 Å². The third-order valence-corrected chi connectivity index (χ3v) is 5.82. The normalized spacial score (nSPS) is 38.8. The van der Waals surface area contributed by atoms with E-state index < -0.39 is 0 Å². The summed E-state index contributed by atoms with van der Waals surface area (Å²) in [6, 6.07) is 6.42. The van der Waals surface area contributed by atoms with Gasteiger partial charge in [-0.1, -0.05) is 0 Å². The van der Waals surface area contributed by atoms with Gasteiger partial charge in [0.15, 0.2) is 0 Å². The third kappa shape index (κ3) is 1.88. The summed E-state index contributed by atoms with van der Waals surface area (Å²) in [5, 5.41) is 9.21. The largest absolute Gasteiger partial charge is 0.265 e. The highest BCUT2D eigenvalue weighted by Crippen LogP contribution is 2.59. The van der Waals surface area contributed by atoms with Gasteiger partial charge < -0.3 is 0 Å². The average Bonchev–Trinajstić information content (AvgIpc) is 2.46. The molecule has 4 bridgehead atoms. The van der Waals surface area contributed by atoms with Gasteiger partial charge in [-0.3, -0.25) is 4.98 Å². The topological polar surface area (TPSA) is 36.7 Å². The molecule has 1 aromatic heterocycles. The monoisotopic (exact) mass is 264 g/mol. The van der Waals surface area contributed by atoms with E-state index in [1.54, 1.807) is 0 Å². The Labute approximate surface area is 120 Å². The molecule has 4 fully saturated rings. The fourth-order valence-corrected chi connectivity index (χ4v) is 5.42. The van der Waals surface area contributed by atoms with Gasteiger partial charge in [0.05, 0.1) is 6.07 Å². The van der Waals surface area contributed by atoms with Crippen LogP contribution in [0.3, 0.4) is 0 Å². The second kappa shape index (κ2) is 4.74. The van der Waals surface area contributed by atoms with Crippen molar-refractivity contribution in [3.05, 3.63) is 36.2 Å². The van der Waals surface area contributed by atoms with E-state index in [1.807, 2.05) is 18.5 Å². The summed E-state index contributed by atoms with van der Waals surface area (Å²) >= 11 is 0. The summed E-state index contributed by atoms with van der Waals surface area (Å²) in [5.74, 6) is 4.21. The summed E-state index contributed by atoms with van der Waals surface area (Å²) in [6.45, 7) is 0. The fourth-order valence-electron chi connectivity index (χ4n) is 5.42. The van der Waals surface area contributed by atoms with Gasteiger partial charge in [0, 0.05) is 18.5 Å². The molecule has 5 rings (SSSR count). The molecular formula is C18H20N2. The molecule has 4 aliphatic carbocycles. The molecule has 0 saturated heterocycles. The number of aromatic nitrogens is 1. The molecule has 0 aliphatic heterocycles. The number of hydrogen-bond donors (Lipinski definition) is 0. The Balaban J connectivity index is 1.71. The van der Waals surface area contributed by atoms with Gasteiger partial charge >= 0.3 is 0 Å². The van der Waals surface area contributed by atoms with Crippen LogP contribution in [-0.4, -0.2) is 4.98 Å². The summed E-state index contributed by atoms with van der Waals surface area (Å²) in [4.78, 5) is 4.11. The van der Waals surface area contributed by atoms with E-state index >= 15 is 0 Å². The van der Waals surface area contributed by atoms with Crippen molar-refractivity contribution in [1.29, 1.82) is 5.26 Å². The first kappa shape index (κ1) is 12.1. The highest BCUT2D eigenvalue weighted by Gasteiger charge is 2.49. The SMILES string of the molecule is N#C/C=C(\c1ccncc1)C1C2CC3CC(C2)CC1C3. The predicted octanol–water partition coefficient (Wildman–Crippen LogP) is 4.06. The molecule has 0 radical (unpaired) electrons. The number of nitrogens with zero attached hydrogens (tertiary/aromatic N) is 2. The molecule has 4 aliphatic rings. The van der Waals surface area contributed by atoms with E-state index in [0.717, 1.165) is 23.7 Å². The lowest BCUT2D eigenvalue weighted by atomic mass is 9.50. The zero-order valence-electron chi connectivity index (χ0n) is 11.7. The smallest absolute Gasteiger partial charge is 0.0915 e. The van der Waals surface area contributed by atoms with E-state index in [1.165, 1.54) is 43.2 Å². The minimum atomic E-state index is 0.616. The van der Waals surface area contributed by atoms with Crippen LogP contribution in [0.1, 0.15) is 37.7 Å². The van der Waals surface area contributed by atoms with Gasteiger partial charge in [-0.05, 0) is 85.0 Å². The van der Waals surface area contributed by atoms with Crippen LogP contribution >= 0.6 is 0 Å². The molecule has 0 N–H and O–H groups in total. The molecule has 0 amide bonds. The lowest BCUT2D eigenvalue weighted by molar-refractivity contribution is -0.0120. The van der Waals surface area contributed by atoms with Crippen molar-refractivity contribution in [2.24, 2.45) is 29.6 Å². The number of rotatable bonds is 2.